The molecule has 0 saturated carbocycles. The van der Waals surface area contributed by atoms with E-state index in [1.165, 1.54) is 4.90 Å². The molecule has 0 aliphatic heterocycles. The van der Waals surface area contributed by atoms with E-state index in [4.69, 9.17) is 10.2 Å². The van der Waals surface area contributed by atoms with Crippen LogP contribution in [0.25, 0.3) is 0 Å². The molecule has 0 bridgehead atoms. The van der Waals surface area contributed by atoms with Crippen LogP contribution in [0.2, 0.25) is 0 Å². The molecule has 11 heavy (non-hydrogen) atoms. The zero-order valence-electron chi connectivity index (χ0n) is 7.16. The highest BCUT2D eigenvalue weighted by Crippen LogP contribution is 2.15. The normalized spacial score (nSPS) is 16.5. The van der Waals surface area contributed by atoms with Gasteiger partial charge in [-0.3, -0.25) is 9.69 Å². The van der Waals surface area contributed by atoms with Crippen molar-refractivity contribution in [2.24, 2.45) is 0 Å². The summed E-state index contributed by atoms with van der Waals surface area (Å²) in [5.74, 6) is -0.979. The Bertz CT molecular complexity index is 141. The maximum Gasteiger partial charge on any atom is 0.326 e. The maximum absolute atomic E-state index is 10.7. The average Bonchev–Trinajstić information content (AvgIpc) is 1.90. The molecule has 0 aromatic heterocycles. The Hall–Kier alpha value is -0.610. The Morgan fingerprint density at radius 2 is 2.00 bits per heavy atom. The molecule has 66 valence electrons. The van der Waals surface area contributed by atoms with Crippen molar-refractivity contribution in [1.29, 1.82) is 0 Å². The molecule has 0 aromatic carbocycles. The summed E-state index contributed by atoms with van der Waals surface area (Å²) < 4.78 is 0. The monoisotopic (exact) mass is 161 g/mol. The molecule has 0 saturated heterocycles. The van der Waals surface area contributed by atoms with Crippen molar-refractivity contribution in [3.8, 4) is 0 Å². The van der Waals surface area contributed by atoms with Gasteiger partial charge in [-0.05, 0) is 20.5 Å². The van der Waals surface area contributed by atoms with Crippen LogP contribution in [0.1, 0.15) is 13.3 Å². The third kappa shape index (κ3) is 1.70. The van der Waals surface area contributed by atoms with Crippen LogP contribution in [-0.4, -0.2) is 47.3 Å². The van der Waals surface area contributed by atoms with E-state index in [9.17, 15) is 4.79 Å². The van der Waals surface area contributed by atoms with E-state index in [1.54, 1.807) is 21.0 Å². The molecule has 0 radical (unpaired) electrons. The summed E-state index contributed by atoms with van der Waals surface area (Å²) in [5.41, 5.74) is -1.11. The van der Waals surface area contributed by atoms with Crippen LogP contribution in [0.3, 0.4) is 0 Å². The van der Waals surface area contributed by atoms with Gasteiger partial charge in [-0.1, -0.05) is 6.92 Å². The molecule has 0 aromatic rings. The first-order valence-electron chi connectivity index (χ1n) is 3.53. The minimum atomic E-state index is -1.11. The molecule has 2 N–H and O–H groups in total. The SMILES string of the molecule is CC[C@](CO)(C(=O)O)N(C)C. The van der Waals surface area contributed by atoms with E-state index in [1.807, 2.05) is 0 Å². The Labute approximate surface area is 66.4 Å². The zero-order chi connectivity index (χ0) is 9.07. The van der Waals surface area contributed by atoms with Crippen LogP contribution in [0, 0.1) is 0 Å². The van der Waals surface area contributed by atoms with Gasteiger partial charge in [0, 0.05) is 0 Å². The lowest BCUT2D eigenvalue weighted by atomic mass is 9.96. The highest BCUT2D eigenvalue weighted by molar-refractivity contribution is 5.78. The number of likely N-dealkylation sites (N-methyl/N-ethyl adjacent to an activating group) is 1. The quantitative estimate of drug-likeness (QED) is 0.598. The third-order valence-corrected chi connectivity index (χ3v) is 2.10. The number of hydrogen-bond donors (Lipinski definition) is 2. The molecule has 0 heterocycles. The van der Waals surface area contributed by atoms with E-state index < -0.39 is 11.5 Å². The van der Waals surface area contributed by atoms with Crippen LogP contribution in [-0.2, 0) is 4.79 Å². The minimum absolute atomic E-state index is 0.355. The summed E-state index contributed by atoms with van der Waals surface area (Å²) in [4.78, 5) is 12.2. The molecule has 0 amide bonds. The number of carboxylic acids is 1. The first-order valence-corrected chi connectivity index (χ1v) is 3.53. The van der Waals surface area contributed by atoms with Gasteiger partial charge >= 0.3 is 5.97 Å². The summed E-state index contributed by atoms with van der Waals surface area (Å²) in [6.45, 7) is 1.39. The van der Waals surface area contributed by atoms with Crippen molar-refractivity contribution < 1.29 is 15.0 Å². The second kappa shape index (κ2) is 3.69. The Morgan fingerprint density at radius 1 is 1.55 bits per heavy atom. The lowest BCUT2D eigenvalue weighted by molar-refractivity contribution is -0.152. The number of aliphatic hydroxyl groups excluding tert-OH is 1. The Morgan fingerprint density at radius 3 is 2.00 bits per heavy atom. The number of nitrogens with zero attached hydrogens (tertiary/aromatic N) is 1. The van der Waals surface area contributed by atoms with Crippen molar-refractivity contribution in [2.45, 2.75) is 18.9 Å². The van der Waals surface area contributed by atoms with Gasteiger partial charge in [0.05, 0.1) is 6.61 Å². The van der Waals surface area contributed by atoms with Gasteiger partial charge in [0.15, 0.2) is 0 Å². The molecular formula is C7H15NO3. The van der Waals surface area contributed by atoms with Crippen LogP contribution in [0.4, 0.5) is 0 Å². The molecule has 0 aliphatic rings. The molecule has 0 aliphatic carbocycles. The lowest BCUT2D eigenvalue weighted by Gasteiger charge is -2.32. The predicted octanol–water partition coefficient (Wildman–Crippen LogP) is -0.226. The minimum Gasteiger partial charge on any atom is -0.480 e. The van der Waals surface area contributed by atoms with Gasteiger partial charge in [-0.2, -0.15) is 0 Å². The van der Waals surface area contributed by atoms with E-state index in [2.05, 4.69) is 0 Å². The second-order valence-corrected chi connectivity index (χ2v) is 2.74. The van der Waals surface area contributed by atoms with Crippen molar-refractivity contribution in [2.75, 3.05) is 20.7 Å². The fourth-order valence-electron chi connectivity index (χ4n) is 0.980. The van der Waals surface area contributed by atoms with Crippen molar-refractivity contribution in [3.63, 3.8) is 0 Å². The van der Waals surface area contributed by atoms with Crippen LogP contribution in [0.15, 0.2) is 0 Å². The topological polar surface area (TPSA) is 60.8 Å². The molecule has 1 atom stereocenters. The summed E-state index contributed by atoms with van der Waals surface area (Å²) in [6, 6.07) is 0. The second-order valence-electron chi connectivity index (χ2n) is 2.74. The van der Waals surface area contributed by atoms with Crippen LogP contribution < -0.4 is 0 Å². The molecule has 0 unspecified atom stereocenters. The van der Waals surface area contributed by atoms with Gasteiger partial charge in [0.25, 0.3) is 0 Å². The number of carbonyl (C=O) groups is 1. The number of carboxylic acid groups (broad SMARTS) is 1. The van der Waals surface area contributed by atoms with E-state index in [0.29, 0.717) is 6.42 Å². The largest absolute Gasteiger partial charge is 0.480 e. The smallest absolute Gasteiger partial charge is 0.326 e. The molecule has 0 fully saturated rings. The molecule has 0 spiro atoms. The van der Waals surface area contributed by atoms with E-state index in [0.717, 1.165) is 0 Å². The molecule has 4 heteroatoms. The first kappa shape index (κ1) is 10.4. The van der Waals surface area contributed by atoms with Gasteiger partial charge in [-0.15, -0.1) is 0 Å². The highest BCUT2D eigenvalue weighted by atomic mass is 16.4. The Balaban J connectivity index is 4.61. The third-order valence-electron chi connectivity index (χ3n) is 2.10. The molecule has 4 nitrogen and oxygen atoms in total. The summed E-state index contributed by atoms with van der Waals surface area (Å²) in [7, 11) is 3.29. The van der Waals surface area contributed by atoms with E-state index in [-0.39, 0.29) is 6.61 Å². The standard InChI is InChI=1S/C7H15NO3/c1-4-7(5-9,6(10)11)8(2)3/h9H,4-5H2,1-3H3,(H,10,11)/t7-/m0/s1. The summed E-state index contributed by atoms with van der Waals surface area (Å²) in [5, 5.41) is 17.7. The number of aliphatic carboxylic acids is 1. The van der Waals surface area contributed by atoms with Crippen LogP contribution in [0.5, 0.6) is 0 Å². The predicted molar refractivity (Wildman–Crippen MR) is 41.4 cm³/mol. The zero-order valence-corrected chi connectivity index (χ0v) is 7.16. The van der Waals surface area contributed by atoms with Crippen LogP contribution >= 0.6 is 0 Å². The maximum atomic E-state index is 10.7. The van der Waals surface area contributed by atoms with Crippen molar-refractivity contribution in [3.05, 3.63) is 0 Å². The van der Waals surface area contributed by atoms with Gasteiger partial charge in [-0.25, -0.2) is 0 Å². The first-order chi connectivity index (χ1) is 5.01. The fraction of sp³-hybridized carbons (Fsp3) is 0.857. The fourth-order valence-corrected chi connectivity index (χ4v) is 0.980. The number of rotatable bonds is 4. The lowest BCUT2D eigenvalue weighted by Crippen LogP contribution is -2.53. The van der Waals surface area contributed by atoms with Gasteiger partial charge in [0.1, 0.15) is 5.54 Å². The summed E-state index contributed by atoms with van der Waals surface area (Å²) >= 11 is 0. The number of aliphatic hydroxyl groups is 1. The highest BCUT2D eigenvalue weighted by Gasteiger charge is 2.38. The Kier molecular flexibility index (Phi) is 3.48. The summed E-state index contributed by atoms with van der Waals surface area (Å²) in [6.07, 6.45) is 0.395. The average molecular weight is 161 g/mol. The van der Waals surface area contributed by atoms with E-state index >= 15 is 0 Å². The van der Waals surface area contributed by atoms with Crippen molar-refractivity contribution in [1.82, 2.24) is 4.90 Å². The number of hydrogen-bond acceptors (Lipinski definition) is 3. The van der Waals surface area contributed by atoms with Gasteiger partial charge in [0.2, 0.25) is 0 Å². The van der Waals surface area contributed by atoms with Gasteiger partial charge < -0.3 is 10.2 Å². The molecular weight excluding hydrogens is 146 g/mol. The van der Waals surface area contributed by atoms with Crippen molar-refractivity contribution >= 4 is 5.97 Å². The molecule has 0 rings (SSSR count).